The quantitative estimate of drug-likeness (QED) is 0.455. The molecular formula is C21H20N2O6. The van der Waals surface area contributed by atoms with E-state index in [0.717, 1.165) is 0 Å². The summed E-state index contributed by atoms with van der Waals surface area (Å²) in [5.74, 6) is -2.48. The van der Waals surface area contributed by atoms with Crippen LogP contribution in [0.15, 0.2) is 60.3 Å². The molecule has 1 aliphatic rings. The van der Waals surface area contributed by atoms with Gasteiger partial charge in [0.15, 0.2) is 5.57 Å². The Morgan fingerprint density at radius 3 is 2.28 bits per heavy atom. The summed E-state index contributed by atoms with van der Waals surface area (Å²) in [5.41, 5.74) is 1.37. The van der Waals surface area contributed by atoms with Crippen LogP contribution in [0.25, 0.3) is 0 Å². The van der Waals surface area contributed by atoms with Gasteiger partial charge in [-0.3, -0.25) is 4.79 Å². The van der Waals surface area contributed by atoms with Crippen LogP contribution < -0.4 is 15.4 Å². The van der Waals surface area contributed by atoms with Crippen LogP contribution in [0.3, 0.4) is 0 Å². The maximum absolute atomic E-state index is 12.4. The van der Waals surface area contributed by atoms with E-state index in [1.165, 1.54) is 20.0 Å². The fourth-order valence-corrected chi connectivity index (χ4v) is 2.56. The number of methoxy groups -OCH3 is 1. The lowest BCUT2D eigenvalue weighted by molar-refractivity contribution is -0.222. The molecule has 0 aromatic heterocycles. The zero-order chi connectivity index (χ0) is 21.0. The van der Waals surface area contributed by atoms with Gasteiger partial charge in [-0.05, 0) is 36.4 Å². The van der Waals surface area contributed by atoms with Crippen LogP contribution in [0.2, 0.25) is 0 Å². The van der Waals surface area contributed by atoms with Crippen molar-refractivity contribution < 1.29 is 28.6 Å². The Kier molecular flexibility index (Phi) is 5.54. The molecule has 8 nitrogen and oxygen atoms in total. The average Bonchev–Trinajstić information content (AvgIpc) is 2.67. The van der Waals surface area contributed by atoms with Gasteiger partial charge in [-0.15, -0.1) is 0 Å². The standard InChI is InChI=1S/C21H20N2O6/c1-21(2)28-19(25)17(20(26)29-21)12-22-14-9-7-13(8-10-14)18(24)23-15-5-4-6-16(11-15)27-3/h4-12,22H,1-3H3,(H,23,24). The molecule has 0 aliphatic carbocycles. The number of hydrogen-bond acceptors (Lipinski definition) is 7. The topological polar surface area (TPSA) is 103 Å². The zero-order valence-corrected chi connectivity index (χ0v) is 16.1. The minimum absolute atomic E-state index is 0.246. The Labute approximate surface area is 167 Å². The van der Waals surface area contributed by atoms with Crippen molar-refractivity contribution in [1.82, 2.24) is 0 Å². The highest BCUT2D eigenvalue weighted by molar-refractivity contribution is 6.15. The third-order valence-electron chi connectivity index (χ3n) is 3.97. The third-order valence-corrected chi connectivity index (χ3v) is 3.97. The van der Waals surface area contributed by atoms with Crippen molar-refractivity contribution in [2.24, 2.45) is 0 Å². The first kappa shape index (κ1) is 19.9. The number of cyclic esters (lactones) is 2. The Morgan fingerprint density at radius 2 is 1.66 bits per heavy atom. The summed E-state index contributed by atoms with van der Waals surface area (Å²) in [6, 6.07) is 13.5. The van der Waals surface area contributed by atoms with E-state index in [9.17, 15) is 14.4 Å². The Morgan fingerprint density at radius 1 is 1.00 bits per heavy atom. The van der Waals surface area contributed by atoms with Crippen molar-refractivity contribution in [3.8, 4) is 5.75 Å². The van der Waals surface area contributed by atoms with E-state index in [1.807, 2.05) is 0 Å². The number of anilines is 2. The van der Waals surface area contributed by atoms with Crippen LogP contribution in [-0.2, 0) is 19.1 Å². The Hall–Kier alpha value is -3.81. The van der Waals surface area contributed by atoms with Crippen LogP contribution in [0, 0.1) is 0 Å². The van der Waals surface area contributed by atoms with Crippen LogP contribution in [0.4, 0.5) is 11.4 Å². The summed E-state index contributed by atoms with van der Waals surface area (Å²) in [5, 5.41) is 5.60. The number of ether oxygens (including phenoxy) is 3. The molecule has 2 aromatic rings. The first-order valence-corrected chi connectivity index (χ1v) is 8.76. The molecule has 1 saturated heterocycles. The van der Waals surface area contributed by atoms with Crippen molar-refractivity contribution in [2.45, 2.75) is 19.6 Å². The monoisotopic (exact) mass is 396 g/mol. The van der Waals surface area contributed by atoms with Gasteiger partial charge < -0.3 is 24.8 Å². The molecule has 1 aliphatic heterocycles. The summed E-state index contributed by atoms with van der Waals surface area (Å²) in [4.78, 5) is 36.2. The van der Waals surface area contributed by atoms with E-state index < -0.39 is 17.7 Å². The fraction of sp³-hybridized carbons (Fsp3) is 0.190. The minimum Gasteiger partial charge on any atom is -0.497 e. The summed E-state index contributed by atoms with van der Waals surface area (Å²) in [7, 11) is 1.55. The smallest absolute Gasteiger partial charge is 0.350 e. The van der Waals surface area contributed by atoms with E-state index in [1.54, 1.807) is 55.6 Å². The Bertz CT molecular complexity index is 957. The molecule has 8 heteroatoms. The second-order valence-corrected chi connectivity index (χ2v) is 6.64. The number of amides is 1. The van der Waals surface area contributed by atoms with Gasteiger partial charge in [-0.25, -0.2) is 9.59 Å². The summed E-state index contributed by atoms with van der Waals surface area (Å²) in [6.07, 6.45) is 1.21. The molecule has 0 saturated carbocycles. The third kappa shape index (κ3) is 4.92. The minimum atomic E-state index is -1.29. The summed E-state index contributed by atoms with van der Waals surface area (Å²) in [6.45, 7) is 2.95. The molecule has 29 heavy (non-hydrogen) atoms. The van der Waals surface area contributed by atoms with E-state index in [-0.39, 0.29) is 11.5 Å². The van der Waals surface area contributed by atoms with Gasteiger partial charge in [0, 0.05) is 43.1 Å². The molecule has 2 N–H and O–H groups in total. The maximum atomic E-state index is 12.4. The number of nitrogens with one attached hydrogen (secondary N) is 2. The SMILES string of the molecule is COc1cccc(NC(=O)c2ccc(NC=C3C(=O)OC(C)(C)OC3=O)cc2)c1. The molecule has 2 aromatic carbocycles. The molecular weight excluding hydrogens is 376 g/mol. The number of rotatable bonds is 5. The highest BCUT2D eigenvalue weighted by atomic mass is 16.7. The molecule has 0 bridgehead atoms. The maximum Gasteiger partial charge on any atom is 0.350 e. The summed E-state index contributed by atoms with van der Waals surface area (Å²) >= 11 is 0. The number of benzene rings is 2. The van der Waals surface area contributed by atoms with Crippen LogP contribution in [0.1, 0.15) is 24.2 Å². The van der Waals surface area contributed by atoms with Crippen molar-refractivity contribution >= 4 is 29.2 Å². The first-order valence-electron chi connectivity index (χ1n) is 8.76. The number of carbonyl (C=O) groups excluding carboxylic acids is 3. The number of esters is 2. The van der Waals surface area contributed by atoms with Crippen LogP contribution in [0.5, 0.6) is 5.75 Å². The van der Waals surface area contributed by atoms with Crippen LogP contribution in [-0.4, -0.2) is 30.7 Å². The largest absolute Gasteiger partial charge is 0.497 e. The van der Waals surface area contributed by atoms with Gasteiger partial charge in [-0.2, -0.15) is 0 Å². The average molecular weight is 396 g/mol. The second kappa shape index (κ2) is 8.05. The lowest BCUT2D eigenvalue weighted by Gasteiger charge is -2.29. The van der Waals surface area contributed by atoms with Gasteiger partial charge in [-0.1, -0.05) is 6.07 Å². The second-order valence-electron chi connectivity index (χ2n) is 6.64. The van der Waals surface area contributed by atoms with E-state index in [4.69, 9.17) is 14.2 Å². The number of hydrogen-bond donors (Lipinski definition) is 2. The van der Waals surface area contributed by atoms with E-state index in [2.05, 4.69) is 10.6 Å². The van der Waals surface area contributed by atoms with Crippen molar-refractivity contribution in [1.29, 1.82) is 0 Å². The van der Waals surface area contributed by atoms with Gasteiger partial charge in [0.2, 0.25) is 0 Å². The Balaban J connectivity index is 1.65. The van der Waals surface area contributed by atoms with Crippen molar-refractivity contribution in [3.63, 3.8) is 0 Å². The van der Waals surface area contributed by atoms with Gasteiger partial charge >= 0.3 is 11.9 Å². The molecule has 1 amide bonds. The molecule has 1 heterocycles. The van der Waals surface area contributed by atoms with Crippen LogP contribution >= 0.6 is 0 Å². The molecule has 3 rings (SSSR count). The predicted molar refractivity (Wildman–Crippen MR) is 105 cm³/mol. The van der Waals surface area contributed by atoms with Gasteiger partial charge in [0.05, 0.1) is 7.11 Å². The molecule has 150 valence electrons. The highest BCUT2D eigenvalue weighted by Gasteiger charge is 2.38. The molecule has 0 radical (unpaired) electrons. The van der Waals surface area contributed by atoms with Crippen molar-refractivity contribution in [3.05, 3.63) is 65.9 Å². The van der Waals surface area contributed by atoms with Crippen molar-refractivity contribution in [2.75, 3.05) is 17.7 Å². The predicted octanol–water partition coefficient (Wildman–Crippen LogP) is 3.08. The van der Waals surface area contributed by atoms with E-state index in [0.29, 0.717) is 22.7 Å². The van der Waals surface area contributed by atoms with Gasteiger partial charge in [0.25, 0.3) is 11.7 Å². The van der Waals surface area contributed by atoms with E-state index >= 15 is 0 Å². The normalized spacial score (nSPS) is 15.1. The molecule has 1 fully saturated rings. The molecule has 0 unspecified atom stereocenters. The lowest BCUT2D eigenvalue weighted by Crippen LogP contribution is -2.42. The molecule has 0 spiro atoms. The number of carbonyl (C=O) groups is 3. The lowest BCUT2D eigenvalue weighted by atomic mass is 10.2. The highest BCUT2D eigenvalue weighted by Crippen LogP contribution is 2.23. The van der Waals surface area contributed by atoms with Gasteiger partial charge in [0.1, 0.15) is 5.75 Å². The fourth-order valence-electron chi connectivity index (χ4n) is 2.56. The zero-order valence-electron chi connectivity index (χ0n) is 16.1. The first-order chi connectivity index (χ1) is 13.8. The molecule has 0 atom stereocenters. The summed E-state index contributed by atoms with van der Waals surface area (Å²) < 4.78 is 15.2.